The van der Waals surface area contributed by atoms with Gasteiger partial charge in [-0.1, -0.05) is 11.6 Å². The van der Waals surface area contributed by atoms with Gasteiger partial charge in [0.2, 0.25) is 0 Å². The summed E-state index contributed by atoms with van der Waals surface area (Å²) in [5, 5.41) is 0.604. The third kappa shape index (κ3) is 3.68. The molecule has 1 aromatic carbocycles. The number of aromatic nitrogens is 1. The van der Waals surface area contributed by atoms with Gasteiger partial charge in [0.1, 0.15) is 0 Å². The fourth-order valence-electron chi connectivity index (χ4n) is 1.61. The van der Waals surface area contributed by atoms with Crippen molar-refractivity contribution in [3.63, 3.8) is 0 Å². The zero-order valence-corrected chi connectivity index (χ0v) is 11.7. The molecule has 0 spiro atoms. The molecule has 19 heavy (non-hydrogen) atoms. The molecule has 1 atom stereocenters. The Labute approximate surface area is 118 Å². The number of nitrogens with two attached hydrogens (primary N) is 1. The van der Waals surface area contributed by atoms with Gasteiger partial charge in [0.25, 0.3) is 5.56 Å². The highest BCUT2D eigenvalue weighted by atomic mass is 35.5. The van der Waals surface area contributed by atoms with Crippen LogP contribution in [-0.2, 0) is 17.3 Å². The average Bonchev–Trinajstić information content (AvgIpc) is 2.40. The normalized spacial score (nSPS) is 12.3. The van der Waals surface area contributed by atoms with Crippen LogP contribution in [0.15, 0.2) is 52.3 Å². The van der Waals surface area contributed by atoms with Gasteiger partial charge in [-0.2, -0.15) is 0 Å². The predicted octanol–water partition coefficient (Wildman–Crippen LogP) is 1.89. The van der Waals surface area contributed by atoms with E-state index in [2.05, 4.69) is 0 Å². The molecule has 0 aliphatic carbocycles. The van der Waals surface area contributed by atoms with Gasteiger partial charge >= 0.3 is 0 Å². The molecule has 0 saturated carbocycles. The second kappa shape index (κ2) is 6.04. The smallest absolute Gasteiger partial charge is 0.250 e. The van der Waals surface area contributed by atoms with E-state index in [1.807, 2.05) is 0 Å². The summed E-state index contributed by atoms with van der Waals surface area (Å²) in [6, 6.07) is 9.79. The van der Waals surface area contributed by atoms with E-state index in [0.29, 0.717) is 27.9 Å². The first kappa shape index (κ1) is 13.8. The molecular weight excluding hydrogens is 284 g/mol. The molecule has 1 aromatic heterocycles. The van der Waals surface area contributed by atoms with E-state index in [4.69, 9.17) is 17.3 Å². The second-order valence-electron chi connectivity index (χ2n) is 4.00. The first-order valence-corrected chi connectivity index (χ1v) is 7.36. The molecule has 0 radical (unpaired) electrons. The van der Waals surface area contributed by atoms with E-state index < -0.39 is 10.8 Å². The van der Waals surface area contributed by atoms with Gasteiger partial charge < -0.3 is 10.3 Å². The van der Waals surface area contributed by atoms with E-state index in [9.17, 15) is 9.00 Å². The van der Waals surface area contributed by atoms with Crippen LogP contribution in [0.25, 0.3) is 0 Å². The van der Waals surface area contributed by atoms with Gasteiger partial charge in [0.05, 0.1) is 10.8 Å². The number of hydrogen-bond acceptors (Lipinski definition) is 3. The number of aryl methyl sites for hydroxylation is 1. The number of pyridine rings is 1. The molecule has 2 N–H and O–H groups in total. The van der Waals surface area contributed by atoms with Gasteiger partial charge in [-0.15, -0.1) is 0 Å². The summed E-state index contributed by atoms with van der Waals surface area (Å²) in [4.78, 5) is 12.3. The summed E-state index contributed by atoms with van der Waals surface area (Å²) in [7, 11) is -1.17. The zero-order chi connectivity index (χ0) is 13.8. The van der Waals surface area contributed by atoms with Crippen molar-refractivity contribution in [1.29, 1.82) is 0 Å². The van der Waals surface area contributed by atoms with Crippen molar-refractivity contribution in [2.24, 2.45) is 0 Å². The van der Waals surface area contributed by atoms with Crippen LogP contribution in [0.2, 0.25) is 5.02 Å². The highest BCUT2D eigenvalue weighted by Gasteiger charge is 2.05. The Hall–Kier alpha value is -1.59. The highest BCUT2D eigenvalue weighted by molar-refractivity contribution is 7.85. The molecule has 0 amide bonds. The Bertz CT molecular complexity index is 652. The van der Waals surface area contributed by atoms with Crippen LogP contribution in [0.4, 0.5) is 5.69 Å². The maximum absolute atomic E-state index is 12.0. The SMILES string of the molecule is Nc1ccc(=O)n(CCS(=O)c2ccc(Cl)cc2)c1. The van der Waals surface area contributed by atoms with E-state index in [1.54, 1.807) is 36.5 Å². The number of nitrogens with zero attached hydrogens (tertiary/aromatic N) is 1. The minimum absolute atomic E-state index is 0.151. The number of halogens is 1. The van der Waals surface area contributed by atoms with Gasteiger partial charge in [-0.05, 0) is 30.3 Å². The molecule has 0 aliphatic rings. The largest absolute Gasteiger partial charge is 0.398 e. The lowest BCUT2D eigenvalue weighted by atomic mass is 10.4. The number of benzene rings is 1. The first-order chi connectivity index (χ1) is 9.06. The van der Waals surface area contributed by atoms with E-state index in [1.165, 1.54) is 10.6 Å². The lowest BCUT2D eigenvalue weighted by Gasteiger charge is -2.06. The van der Waals surface area contributed by atoms with Crippen molar-refractivity contribution < 1.29 is 4.21 Å². The summed E-state index contributed by atoms with van der Waals surface area (Å²) in [6.45, 7) is 0.360. The monoisotopic (exact) mass is 296 g/mol. The predicted molar refractivity (Wildman–Crippen MR) is 77.8 cm³/mol. The summed E-state index contributed by atoms with van der Waals surface area (Å²) >= 11 is 5.77. The van der Waals surface area contributed by atoms with Crippen molar-refractivity contribution >= 4 is 28.1 Å². The lowest BCUT2D eigenvalue weighted by molar-refractivity contribution is 0.669. The topological polar surface area (TPSA) is 65.1 Å². The summed E-state index contributed by atoms with van der Waals surface area (Å²) in [5.41, 5.74) is 5.97. The third-order valence-electron chi connectivity index (χ3n) is 2.60. The number of nitrogen functional groups attached to an aromatic ring is 1. The molecule has 2 aromatic rings. The van der Waals surface area contributed by atoms with Crippen LogP contribution in [0.3, 0.4) is 0 Å². The molecule has 2 rings (SSSR count). The number of hydrogen-bond donors (Lipinski definition) is 1. The number of rotatable bonds is 4. The van der Waals surface area contributed by atoms with Crippen LogP contribution in [0, 0.1) is 0 Å². The second-order valence-corrected chi connectivity index (χ2v) is 6.00. The van der Waals surface area contributed by atoms with Crippen LogP contribution in [0.5, 0.6) is 0 Å². The summed E-state index contributed by atoms with van der Waals surface area (Å²) in [5.74, 6) is 0.352. The zero-order valence-electron chi connectivity index (χ0n) is 10.1. The van der Waals surface area contributed by atoms with Gasteiger partial charge in [0, 0.05) is 40.2 Å². The molecule has 0 saturated heterocycles. The fraction of sp³-hybridized carbons (Fsp3) is 0.154. The average molecular weight is 297 g/mol. The summed E-state index contributed by atoms with van der Waals surface area (Å²) in [6.07, 6.45) is 1.56. The first-order valence-electron chi connectivity index (χ1n) is 5.66. The Kier molecular flexibility index (Phi) is 4.39. The van der Waals surface area contributed by atoms with Crippen LogP contribution in [-0.4, -0.2) is 14.5 Å². The van der Waals surface area contributed by atoms with Crippen molar-refractivity contribution in [1.82, 2.24) is 4.57 Å². The Morgan fingerprint density at radius 2 is 1.84 bits per heavy atom. The highest BCUT2D eigenvalue weighted by Crippen LogP contribution is 2.13. The maximum atomic E-state index is 12.0. The lowest BCUT2D eigenvalue weighted by Crippen LogP contribution is -2.21. The maximum Gasteiger partial charge on any atom is 0.250 e. The third-order valence-corrected chi connectivity index (χ3v) is 4.20. The van der Waals surface area contributed by atoms with Crippen molar-refractivity contribution in [2.75, 3.05) is 11.5 Å². The van der Waals surface area contributed by atoms with Crippen LogP contribution in [0.1, 0.15) is 0 Å². The molecule has 0 fully saturated rings. The van der Waals surface area contributed by atoms with E-state index in [0.717, 1.165) is 0 Å². The molecule has 100 valence electrons. The summed E-state index contributed by atoms with van der Waals surface area (Å²) < 4.78 is 13.5. The molecule has 1 unspecified atom stereocenters. The van der Waals surface area contributed by atoms with Crippen molar-refractivity contribution in [3.8, 4) is 0 Å². The molecule has 4 nitrogen and oxygen atoms in total. The van der Waals surface area contributed by atoms with Crippen LogP contribution >= 0.6 is 11.6 Å². The quantitative estimate of drug-likeness (QED) is 0.937. The Balaban J connectivity index is 2.06. The molecule has 6 heteroatoms. The van der Waals surface area contributed by atoms with Gasteiger partial charge in [0.15, 0.2) is 0 Å². The van der Waals surface area contributed by atoms with Crippen molar-refractivity contribution in [2.45, 2.75) is 11.4 Å². The molecular formula is C13H13ClN2O2S. The fourth-order valence-corrected chi connectivity index (χ4v) is 2.77. The molecule has 0 bridgehead atoms. The van der Waals surface area contributed by atoms with Crippen molar-refractivity contribution in [3.05, 3.63) is 58.0 Å². The van der Waals surface area contributed by atoms with E-state index in [-0.39, 0.29) is 5.56 Å². The van der Waals surface area contributed by atoms with E-state index >= 15 is 0 Å². The Morgan fingerprint density at radius 1 is 1.16 bits per heavy atom. The number of anilines is 1. The molecule has 0 aliphatic heterocycles. The van der Waals surface area contributed by atoms with Gasteiger partial charge in [-0.3, -0.25) is 9.00 Å². The standard InChI is InChI=1S/C13H13ClN2O2S/c14-10-1-4-12(5-2-10)19(18)8-7-16-9-11(15)3-6-13(16)17/h1-6,9H,7-8,15H2. The van der Waals surface area contributed by atoms with Gasteiger partial charge in [-0.25, -0.2) is 0 Å². The minimum atomic E-state index is -1.17. The minimum Gasteiger partial charge on any atom is -0.398 e. The molecule has 1 heterocycles. The Morgan fingerprint density at radius 3 is 2.53 bits per heavy atom. The van der Waals surface area contributed by atoms with Crippen LogP contribution < -0.4 is 11.3 Å².